The summed E-state index contributed by atoms with van der Waals surface area (Å²) in [5.41, 5.74) is 8.89. The van der Waals surface area contributed by atoms with Crippen LogP contribution in [-0.2, 0) is 0 Å². The number of imidazole rings is 1. The summed E-state index contributed by atoms with van der Waals surface area (Å²) < 4.78 is 2.09. The quantitative estimate of drug-likeness (QED) is 0.415. The molecule has 3 heterocycles. The molecule has 2 N–H and O–H groups in total. The number of rotatable bonds is 5. The third-order valence-corrected chi connectivity index (χ3v) is 6.48. The second-order valence-electron chi connectivity index (χ2n) is 8.83. The average molecular weight is 437 g/mol. The Morgan fingerprint density at radius 1 is 1.00 bits per heavy atom. The van der Waals surface area contributed by atoms with E-state index in [2.05, 4.69) is 51.1 Å². The number of nitrogens with one attached hydrogen (secondary N) is 1. The number of H-pyrrole nitrogens is 1. The topological polar surface area (TPSA) is 92.0 Å². The van der Waals surface area contributed by atoms with E-state index < -0.39 is 6.10 Å². The number of tetrazole rings is 1. The molecule has 1 aliphatic carbocycles. The van der Waals surface area contributed by atoms with Gasteiger partial charge in [-0.1, -0.05) is 54.6 Å². The minimum absolute atomic E-state index is 0.555. The highest BCUT2D eigenvalue weighted by atomic mass is 16.3. The van der Waals surface area contributed by atoms with E-state index in [0.717, 1.165) is 50.4 Å². The van der Waals surface area contributed by atoms with Gasteiger partial charge in [-0.3, -0.25) is 0 Å². The van der Waals surface area contributed by atoms with Gasteiger partial charge < -0.3 is 9.51 Å². The van der Waals surface area contributed by atoms with Crippen LogP contribution in [0, 0.1) is 13.8 Å². The molecular formula is C26H24N6O. The van der Waals surface area contributed by atoms with Crippen LogP contribution in [0.15, 0.2) is 60.8 Å². The Balaban J connectivity index is 1.39. The fourth-order valence-corrected chi connectivity index (χ4v) is 4.65. The lowest BCUT2D eigenvalue weighted by Crippen LogP contribution is -2.09. The van der Waals surface area contributed by atoms with Crippen molar-refractivity contribution < 1.29 is 5.11 Å². The van der Waals surface area contributed by atoms with Gasteiger partial charge in [0.05, 0.1) is 11.4 Å². The molecule has 0 aliphatic heterocycles. The van der Waals surface area contributed by atoms with Crippen LogP contribution in [0.2, 0.25) is 0 Å². The molecule has 5 aromatic rings. The lowest BCUT2D eigenvalue weighted by molar-refractivity contribution is 0.213. The molecule has 164 valence electrons. The maximum atomic E-state index is 11.4. The highest BCUT2D eigenvalue weighted by Crippen LogP contribution is 2.40. The number of aryl methyl sites for hydroxylation is 2. The summed E-state index contributed by atoms with van der Waals surface area (Å²) in [6.07, 6.45) is 3.76. The second-order valence-corrected chi connectivity index (χ2v) is 8.83. The first-order chi connectivity index (χ1) is 16.1. The van der Waals surface area contributed by atoms with Crippen LogP contribution in [0.5, 0.6) is 0 Å². The molecule has 7 heteroatoms. The van der Waals surface area contributed by atoms with Crippen molar-refractivity contribution in [3.63, 3.8) is 0 Å². The van der Waals surface area contributed by atoms with Crippen LogP contribution < -0.4 is 0 Å². The fraction of sp³-hybridized carbons (Fsp3) is 0.231. The Kier molecular flexibility index (Phi) is 4.58. The van der Waals surface area contributed by atoms with Crippen molar-refractivity contribution in [3.05, 3.63) is 88.9 Å². The Hall–Kier alpha value is -3.84. The highest BCUT2D eigenvalue weighted by molar-refractivity contribution is 5.80. The van der Waals surface area contributed by atoms with Gasteiger partial charge in [0.25, 0.3) is 0 Å². The summed E-state index contributed by atoms with van der Waals surface area (Å²) in [7, 11) is 0. The molecule has 0 bridgehead atoms. The second kappa shape index (κ2) is 7.64. The first-order valence-corrected chi connectivity index (χ1v) is 11.2. The van der Waals surface area contributed by atoms with Crippen molar-refractivity contribution >= 4 is 5.65 Å². The first kappa shape index (κ1) is 19.8. The number of aromatic nitrogens is 6. The average Bonchev–Trinajstić information content (AvgIpc) is 3.35. The Labute approximate surface area is 191 Å². The molecule has 1 fully saturated rings. The van der Waals surface area contributed by atoms with E-state index >= 15 is 0 Å². The van der Waals surface area contributed by atoms with E-state index in [9.17, 15) is 5.11 Å². The van der Waals surface area contributed by atoms with Crippen LogP contribution in [0.25, 0.3) is 28.2 Å². The van der Waals surface area contributed by atoms with Gasteiger partial charge in [-0.05, 0) is 59.7 Å². The molecule has 2 aromatic carbocycles. The molecule has 0 spiro atoms. The monoisotopic (exact) mass is 436 g/mol. The third kappa shape index (κ3) is 3.41. The normalized spacial score (nSPS) is 14.6. The maximum Gasteiger partial charge on any atom is 0.205 e. The molecule has 1 saturated carbocycles. The number of benzene rings is 2. The summed E-state index contributed by atoms with van der Waals surface area (Å²) in [5.74, 6) is 1.12. The maximum absolute atomic E-state index is 11.4. The van der Waals surface area contributed by atoms with E-state index in [4.69, 9.17) is 4.98 Å². The molecule has 0 unspecified atom stereocenters. The minimum atomic E-state index is -0.754. The molecule has 1 aliphatic rings. The lowest BCUT2D eigenvalue weighted by atomic mass is 9.95. The molecule has 33 heavy (non-hydrogen) atoms. The Morgan fingerprint density at radius 2 is 1.76 bits per heavy atom. The largest absolute Gasteiger partial charge is 0.382 e. The number of hydrogen-bond donors (Lipinski definition) is 2. The number of aliphatic hydroxyl groups excluding tert-OH is 1. The van der Waals surface area contributed by atoms with Gasteiger partial charge >= 0.3 is 0 Å². The van der Waals surface area contributed by atoms with Gasteiger partial charge in [0.15, 0.2) is 0 Å². The van der Waals surface area contributed by atoms with Crippen molar-refractivity contribution in [2.24, 2.45) is 0 Å². The summed E-state index contributed by atoms with van der Waals surface area (Å²) in [6, 6.07) is 18.1. The van der Waals surface area contributed by atoms with Crippen LogP contribution in [0.4, 0.5) is 0 Å². The zero-order valence-electron chi connectivity index (χ0n) is 18.5. The van der Waals surface area contributed by atoms with Crippen LogP contribution >= 0.6 is 0 Å². The van der Waals surface area contributed by atoms with Crippen molar-refractivity contribution in [2.75, 3.05) is 0 Å². The highest BCUT2D eigenvalue weighted by Gasteiger charge is 2.28. The predicted octanol–water partition coefficient (Wildman–Crippen LogP) is 4.76. The summed E-state index contributed by atoms with van der Waals surface area (Å²) in [6.45, 7) is 4.13. The van der Waals surface area contributed by atoms with Crippen molar-refractivity contribution in [1.82, 2.24) is 30.0 Å². The van der Waals surface area contributed by atoms with Crippen molar-refractivity contribution in [3.8, 4) is 22.5 Å². The van der Waals surface area contributed by atoms with Gasteiger partial charge in [-0.2, -0.15) is 5.21 Å². The number of pyridine rings is 1. The Morgan fingerprint density at radius 3 is 2.45 bits per heavy atom. The lowest BCUT2D eigenvalue weighted by Gasteiger charge is -2.18. The molecule has 0 radical (unpaired) electrons. The van der Waals surface area contributed by atoms with Gasteiger partial charge in [0, 0.05) is 17.7 Å². The van der Waals surface area contributed by atoms with Crippen LogP contribution in [0.1, 0.15) is 52.9 Å². The third-order valence-electron chi connectivity index (χ3n) is 6.48. The number of aliphatic hydroxyl groups is 1. The smallest absolute Gasteiger partial charge is 0.205 e. The van der Waals surface area contributed by atoms with Gasteiger partial charge in [0.2, 0.25) is 5.82 Å². The summed E-state index contributed by atoms with van der Waals surface area (Å²) in [4.78, 5) is 4.87. The van der Waals surface area contributed by atoms with E-state index in [0.29, 0.717) is 11.7 Å². The summed E-state index contributed by atoms with van der Waals surface area (Å²) >= 11 is 0. The van der Waals surface area contributed by atoms with Crippen molar-refractivity contribution in [2.45, 2.75) is 38.7 Å². The molecule has 7 nitrogen and oxygen atoms in total. The molecular weight excluding hydrogens is 412 g/mol. The molecule has 1 atom stereocenters. The molecule has 3 aromatic heterocycles. The number of nitrogens with zero attached hydrogens (tertiary/aromatic N) is 5. The fourth-order valence-electron chi connectivity index (χ4n) is 4.65. The van der Waals surface area contributed by atoms with Crippen molar-refractivity contribution in [1.29, 1.82) is 0 Å². The van der Waals surface area contributed by atoms with Gasteiger partial charge in [-0.25, -0.2) is 4.98 Å². The Bertz CT molecular complexity index is 1450. The van der Waals surface area contributed by atoms with Crippen LogP contribution in [-0.4, -0.2) is 35.1 Å². The number of aromatic amines is 1. The van der Waals surface area contributed by atoms with E-state index in [1.165, 1.54) is 12.8 Å². The van der Waals surface area contributed by atoms with Gasteiger partial charge in [-0.15, -0.1) is 10.2 Å². The predicted molar refractivity (Wildman–Crippen MR) is 126 cm³/mol. The molecule has 0 saturated heterocycles. The first-order valence-electron chi connectivity index (χ1n) is 11.2. The molecule has 0 amide bonds. The van der Waals surface area contributed by atoms with E-state index in [1.54, 1.807) is 0 Å². The summed E-state index contributed by atoms with van der Waals surface area (Å²) in [5, 5.41) is 25.9. The zero-order chi connectivity index (χ0) is 22.5. The zero-order valence-corrected chi connectivity index (χ0v) is 18.5. The van der Waals surface area contributed by atoms with Gasteiger partial charge in [0.1, 0.15) is 11.8 Å². The van der Waals surface area contributed by atoms with E-state index in [1.807, 2.05) is 48.5 Å². The number of hydrogen-bond acceptors (Lipinski definition) is 5. The molecule has 6 rings (SSSR count). The standard InChI is InChI=1S/C26H24N6O/c1-15-13-16(2)26-27-22(18-9-10-18)14-32(26)23(15)24(33)19-11-7-17(8-12-19)20-5-3-4-6-21(20)25-28-30-31-29-25/h3-8,11-14,18,24,33H,9-10H2,1-2H3,(H,28,29,30,31)/t24-/m1/s1. The SMILES string of the molecule is Cc1cc(C)c2nc(C3CC3)cn2c1[C@H](O)c1ccc(-c2ccccc2-c2nn[nH]n2)cc1. The number of fused-ring (bicyclic) bond motifs is 1. The minimum Gasteiger partial charge on any atom is -0.382 e. The van der Waals surface area contributed by atoms with E-state index in [-0.39, 0.29) is 0 Å². The van der Waals surface area contributed by atoms with Crippen LogP contribution in [0.3, 0.4) is 0 Å².